The number of pyridine rings is 1. The van der Waals surface area contributed by atoms with Crippen molar-refractivity contribution in [1.29, 1.82) is 10.8 Å². The minimum atomic E-state index is -3.61. The number of hydrogen-bond acceptors (Lipinski definition) is 10. The normalized spacial score (nSPS) is 19.9. The molecule has 0 saturated carbocycles. The Morgan fingerprint density at radius 3 is 2.51 bits per heavy atom. The second kappa shape index (κ2) is 17.5. The van der Waals surface area contributed by atoms with Crippen LogP contribution in [0.2, 0.25) is 0 Å². The molecule has 2 amide bonds. The molecule has 1 saturated heterocycles. The van der Waals surface area contributed by atoms with Gasteiger partial charge in [0.05, 0.1) is 24.2 Å². The molecule has 3 aromatic rings. The minimum Gasteiger partial charge on any atom is -0.488 e. The Bertz CT molecular complexity index is 2090. The fourth-order valence-corrected chi connectivity index (χ4v) is 6.93. The fourth-order valence-electron chi connectivity index (χ4n) is 6.49. The Morgan fingerprint density at radius 2 is 1.80 bits per heavy atom. The first kappa shape index (κ1) is 41.0. The molecule has 296 valence electrons. The van der Waals surface area contributed by atoms with Crippen LogP contribution < -0.4 is 31.3 Å². The molecule has 5 rings (SSSR count). The molecule has 15 heteroatoms. The first-order valence-electron chi connectivity index (χ1n) is 18.6. The second-order valence-corrected chi connectivity index (χ2v) is 16.9. The lowest BCUT2D eigenvalue weighted by Gasteiger charge is -2.36. The summed E-state index contributed by atoms with van der Waals surface area (Å²) < 4.78 is 41.6. The molecule has 4 atom stereocenters. The molecule has 0 unspecified atom stereocenters. The number of amides is 2. The summed E-state index contributed by atoms with van der Waals surface area (Å²) in [5.41, 5.74) is 9.10. The van der Waals surface area contributed by atoms with Crippen LogP contribution in [0, 0.1) is 16.2 Å². The van der Waals surface area contributed by atoms with Crippen LogP contribution in [-0.4, -0.2) is 67.3 Å². The Kier molecular flexibility index (Phi) is 13.1. The highest BCUT2D eigenvalue weighted by Crippen LogP contribution is 2.38. The van der Waals surface area contributed by atoms with Crippen molar-refractivity contribution in [2.24, 2.45) is 16.1 Å². The van der Waals surface area contributed by atoms with Crippen LogP contribution in [0.25, 0.3) is 0 Å². The van der Waals surface area contributed by atoms with Crippen molar-refractivity contribution in [1.82, 2.24) is 20.1 Å². The predicted molar refractivity (Wildman–Crippen MR) is 213 cm³/mol. The van der Waals surface area contributed by atoms with E-state index in [1.807, 2.05) is 49.9 Å². The molecule has 2 heterocycles. The maximum absolute atomic E-state index is 13.6. The SMILES string of the molecule is C[C@H](COS(C)(=O)=O)Oc1cccc(N=C(C=C(N)C(C)(C)C)NC(=O)N[C@H]2CC[C@@H](Oc3ccc(=N)n(C(=N)N4CCCC[C@@H]4C)c3)c3ccccc32)c1. The van der Waals surface area contributed by atoms with Gasteiger partial charge in [-0.25, -0.2) is 9.79 Å². The van der Waals surface area contributed by atoms with E-state index < -0.39 is 27.7 Å². The fraction of sp³-hybridized carbons (Fsp3) is 0.450. The lowest BCUT2D eigenvalue weighted by molar-refractivity contribution is 0.147. The lowest BCUT2D eigenvalue weighted by atomic mass is 9.85. The molecular formula is C40H54N8O6S. The third-order valence-electron chi connectivity index (χ3n) is 9.57. The predicted octanol–water partition coefficient (Wildman–Crippen LogP) is 6.24. The van der Waals surface area contributed by atoms with Crippen LogP contribution >= 0.6 is 0 Å². The number of nitrogens with two attached hydrogens (primary N) is 1. The van der Waals surface area contributed by atoms with Crippen LogP contribution in [0.5, 0.6) is 11.5 Å². The summed E-state index contributed by atoms with van der Waals surface area (Å²) in [7, 11) is -3.61. The smallest absolute Gasteiger partial charge is 0.320 e. The highest BCUT2D eigenvalue weighted by molar-refractivity contribution is 7.85. The van der Waals surface area contributed by atoms with Crippen LogP contribution in [0.4, 0.5) is 10.5 Å². The summed E-state index contributed by atoms with van der Waals surface area (Å²) >= 11 is 0. The van der Waals surface area contributed by atoms with Gasteiger partial charge in [-0.05, 0) is 81.3 Å². The third kappa shape index (κ3) is 11.4. The van der Waals surface area contributed by atoms with Crippen molar-refractivity contribution in [2.75, 3.05) is 19.4 Å². The quantitative estimate of drug-likeness (QED) is 0.0906. The number of carbonyl (C=O) groups is 1. The topological polar surface area (TPSA) is 197 Å². The van der Waals surface area contributed by atoms with E-state index >= 15 is 0 Å². The third-order valence-corrected chi connectivity index (χ3v) is 10.1. The Balaban J connectivity index is 1.31. The molecule has 1 fully saturated rings. The lowest BCUT2D eigenvalue weighted by Crippen LogP contribution is -2.47. The van der Waals surface area contributed by atoms with Crippen molar-refractivity contribution < 1.29 is 26.9 Å². The molecule has 2 aliphatic rings. The molecule has 1 aliphatic carbocycles. The number of benzene rings is 2. The zero-order valence-electron chi connectivity index (χ0n) is 32.5. The maximum atomic E-state index is 13.6. The number of hydrogen-bond donors (Lipinski definition) is 5. The molecule has 0 bridgehead atoms. The van der Waals surface area contributed by atoms with Gasteiger partial charge in [0.2, 0.25) is 5.96 Å². The largest absolute Gasteiger partial charge is 0.488 e. The van der Waals surface area contributed by atoms with Gasteiger partial charge in [0.15, 0.2) is 0 Å². The number of nitrogens with zero attached hydrogens (tertiary/aromatic N) is 3. The van der Waals surface area contributed by atoms with Crippen molar-refractivity contribution in [2.45, 2.75) is 91.0 Å². The standard InChI is InChI=1S/C40H54N8O6S/c1-26-12-9-10-21-47(26)38(43)48-24-30(17-20-36(48)42)54-34-19-18-33(31-15-7-8-16-32(31)34)45-39(49)46-37(23-35(41)40(3,4)5)44-28-13-11-14-29(22-28)53-27(2)25-52-55(6,50)51/h7-8,11,13-17,20,22-24,26-27,33-34,42-43H,9-10,12,18-19,21,25,41H2,1-6H3,(H2,44,45,46,49)/t26-,27+,33-,34+/m0/s1. The molecule has 1 aromatic heterocycles. The number of ether oxygens (including phenoxy) is 2. The number of rotatable bonds is 10. The molecule has 14 nitrogen and oxygen atoms in total. The van der Waals surface area contributed by atoms with Crippen molar-refractivity contribution in [3.63, 3.8) is 0 Å². The van der Waals surface area contributed by atoms with Gasteiger partial charge in [-0.2, -0.15) is 8.42 Å². The van der Waals surface area contributed by atoms with E-state index in [1.165, 1.54) is 0 Å². The minimum absolute atomic E-state index is 0.149. The average molecular weight is 775 g/mol. The molecule has 55 heavy (non-hydrogen) atoms. The summed E-state index contributed by atoms with van der Waals surface area (Å²) in [5, 5.41) is 23.4. The van der Waals surface area contributed by atoms with E-state index in [2.05, 4.69) is 22.5 Å². The van der Waals surface area contributed by atoms with Gasteiger partial charge < -0.3 is 25.4 Å². The number of nitrogens with one attached hydrogen (secondary N) is 4. The molecule has 2 aromatic carbocycles. The number of carbonyl (C=O) groups excluding carboxylic acids is 1. The highest BCUT2D eigenvalue weighted by atomic mass is 32.2. The zero-order chi connectivity index (χ0) is 39.9. The molecule has 6 N–H and O–H groups in total. The van der Waals surface area contributed by atoms with Gasteiger partial charge in [0, 0.05) is 35.8 Å². The van der Waals surface area contributed by atoms with Gasteiger partial charge in [0.25, 0.3) is 10.1 Å². The van der Waals surface area contributed by atoms with E-state index in [0.717, 1.165) is 43.2 Å². The summed E-state index contributed by atoms with van der Waals surface area (Å²) in [4.78, 5) is 20.4. The molecule has 1 aliphatic heterocycles. The van der Waals surface area contributed by atoms with Gasteiger partial charge in [-0.1, -0.05) is 51.1 Å². The van der Waals surface area contributed by atoms with Crippen LogP contribution in [0.3, 0.4) is 0 Å². The first-order valence-corrected chi connectivity index (χ1v) is 20.4. The highest BCUT2D eigenvalue weighted by Gasteiger charge is 2.30. The summed E-state index contributed by atoms with van der Waals surface area (Å²) in [6.45, 7) is 10.3. The van der Waals surface area contributed by atoms with Crippen LogP contribution in [-0.2, 0) is 14.3 Å². The number of allylic oxidation sites excluding steroid dienone is 1. The van der Waals surface area contributed by atoms with Crippen LogP contribution in [0.15, 0.2) is 83.6 Å². The van der Waals surface area contributed by atoms with E-state index in [4.69, 9.17) is 30.2 Å². The number of aliphatic imine (C=N–C) groups is 1. The Morgan fingerprint density at radius 1 is 1.05 bits per heavy atom. The van der Waals surface area contributed by atoms with Gasteiger partial charge >= 0.3 is 6.03 Å². The summed E-state index contributed by atoms with van der Waals surface area (Å²) in [5.74, 6) is 1.50. The van der Waals surface area contributed by atoms with E-state index in [1.54, 1.807) is 60.2 Å². The number of likely N-dealkylation sites (tertiary alicyclic amines) is 1. The Hall–Kier alpha value is -5.15. The van der Waals surface area contributed by atoms with Gasteiger partial charge in [-0.3, -0.25) is 24.9 Å². The first-order chi connectivity index (χ1) is 26.0. The molecule has 0 radical (unpaired) electrons. The number of aromatic nitrogens is 1. The van der Waals surface area contributed by atoms with Crippen molar-refractivity contribution in [3.05, 3.63) is 95.2 Å². The number of piperidine rings is 1. The maximum Gasteiger partial charge on any atom is 0.320 e. The second-order valence-electron chi connectivity index (χ2n) is 15.2. The molecular weight excluding hydrogens is 721 g/mol. The summed E-state index contributed by atoms with van der Waals surface area (Å²) in [6.07, 6.45) is 7.88. The number of fused-ring (bicyclic) bond motifs is 1. The summed E-state index contributed by atoms with van der Waals surface area (Å²) in [6, 6.07) is 17.6. The Labute approximate surface area is 323 Å². The number of urea groups is 1. The van der Waals surface area contributed by atoms with Crippen molar-refractivity contribution >= 4 is 33.6 Å². The van der Waals surface area contributed by atoms with E-state index in [-0.39, 0.29) is 42.1 Å². The van der Waals surface area contributed by atoms with Crippen LogP contribution in [0.1, 0.15) is 90.0 Å². The number of amidine groups is 1. The van der Waals surface area contributed by atoms with Crippen molar-refractivity contribution in [3.8, 4) is 11.5 Å². The van der Waals surface area contributed by atoms with E-state index in [9.17, 15) is 13.2 Å². The average Bonchev–Trinajstić information content (AvgIpc) is 3.12. The van der Waals surface area contributed by atoms with Gasteiger partial charge in [0.1, 0.15) is 41.6 Å². The zero-order valence-corrected chi connectivity index (χ0v) is 33.3. The monoisotopic (exact) mass is 774 g/mol. The molecule has 0 spiro atoms. The van der Waals surface area contributed by atoms with Gasteiger partial charge in [-0.15, -0.1) is 0 Å². The van der Waals surface area contributed by atoms with E-state index in [0.29, 0.717) is 35.7 Å².